The number of hydrogen-bond acceptors (Lipinski definition) is 8. The third-order valence-electron chi connectivity index (χ3n) is 1.07. The zero-order valence-electron chi connectivity index (χ0n) is 8.45. The Kier molecular flexibility index (Phi) is 15.2. The van der Waals surface area contributed by atoms with Gasteiger partial charge in [0.05, 0.1) is 0 Å². The average Bonchev–Trinajstić information content (AvgIpc) is 2.12. The first-order valence-corrected chi connectivity index (χ1v) is 4.05. The second-order valence-electron chi connectivity index (χ2n) is 2.49. The Bertz CT molecular complexity index is 219. The van der Waals surface area contributed by atoms with Gasteiger partial charge in [0.15, 0.2) is 0 Å². The average molecular weight is 288 g/mol. The summed E-state index contributed by atoms with van der Waals surface area (Å²) in [4.78, 5) is 38.0. The van der Waals surface area contributed by atoms with Crippen LogP contribution >= 0.6 is 0 Å². The molecule has 0 aliphatic rings. The summed E-state index contributed by atoms with van der Waals surface area (Å²) in [6.45, 7) is 0. The molecule has 0 aromatic rings. The minimum absolute atomic E-state index is 0. The van der Waals surface area contributed by atoms with Gasteiger partial charge in [0.1, 0.15) is 0 Å². The van der Waals surface area contributed by atoms with Crippen molar-refractivity contribution in [2.75, 3.05) is 0 Å². The molecule has 17 heavy (non-hydrogen) atoms. The third kappa shape index (κ3) is 31.4. The molecule has 0 aromatic carbocycles. The minimum atomic E-state index is -1.37. The third-order valence-corrected chi connectivity index (χ3v) is 1.07. The number of aliphatic carboxylic acids is 4. The molecule has 0 bridgehead atoms. The predicted molar refractivity (Wildman–Crippen MR) is 38.5 cm³/mol. The van der Waals surface area contributed by atoms with E-state index in [4.69, 9.17) is 0 Å². The molecule has 0 atom stereocenters. The molecule has 0 aromatic heterocycles. The molecule has 0 saturated heterocycles. The van der Waals surface area contributed by atoms with Crippen LogP contribution in [-0.2, 0) is 36.2 Å². The minimum Gasteiger partial charge on any atom is -0.550 e. The summed E-state index contributed by atoms with van der Waals surface area (Å²) in [5.74, 6) is -5.47. The molecule has 0 amide bonds. The Balaban J connectivity index is -0.000000218. The van der Waals surface area contributed by atoms with Crippen molar-refractivity contribution in [1.29, 1.82) is 0 Å². The van der Waals surface area contributed by atoms with Gasteiger partial charge < -0.3 is 39.6 Å². The van der Waals surface area contributed by atoms with E-state index in [1.54, 1.807) is 0 Å². The Labute approximate surface area is 107 Å². The van der Waals surface area contributed by atoms with Crippen molar-refractivity contribution in [2.45, 2.75) is 25.7 Å². The van der Waals surface area contributed by atoms with E-state index in [1.807, 2.05) is 0 Å². The molecule has 0 aliphatic carbocycles. The Morgan fingerprint density at radius 1 is 0.529 bits per heavy atom. The molecular weight excluding hydrogens is 280 g/mol. The van der Waals surface area contributed by atoms with Gasteiger partial charge in [0, 0.05) is 23.9 Å². The van der Waals surface area contributed by atoms with E-state index in [-0.39, 0.29) is 17.1 Å². The Hall–Kier alpha value is -1.60. The van der Waals surface area contributed by atoms with E-state index in [2.05, 4.69) is 0 Å². The topological polar surface area (TPSA) is 161 Å². The Morgan fingerprint density at radius 3 is 0.706 bits per heavy atom. The fraction of sp³-hybridized carbons (Fsp3) is 0.500. The normalized spacial score (nSPS) is 8.00. The van der Waals surface area contributed by atoms with Crippen LogP contribution in [0, 0.1) is 0 Å². The standard InChI is InChI=1S/2C4H6O4.Fe/c2*5-3(6)1-2-4(7)8;/h2*1-2H2,(H,5,6)(H,7,8);/q;;+4/p-4. The van der Waals surface area contributed by atoms with E-state index < -0.39 is 49.6 Å². The smallest absolute Gasteiger partial charge is 0.550 e. The van der Waals surface area contributed by atoms with Crippen molar-refractivity contribution < 1.29 is 56.7 Å². The van der Waals surface area contributed by atoms with Crippen molar-refractivity contribution in [2.24, 2.45) is 0 Å². The van der Waals surface area contributed by atoms with Gasteiger partial charge in [-0.25, -0.2) is 0 Å². The monoisotopic (exact) mass is 288 g/mol. The first-order chi connectivity index (χ1) is 7.25. The molecule has 0 fully saturated rings. The molecule has 0 heterocycles. The molecule has 8 nitrogen and oxygen atoms in total. The molecule has 0 unspecified atom stereocenters. The molecule has 0 aliphatic heterocycles. The van der Waals surface area contributed by atoms with Crippen LogP contribution in [0.1, 0.15) is 25.7 Å². The number of carbonyl (C=O) groups is 4. The quantitative estimate of drug-likeness (QED) is 0.437. The molecular formula is C8H8FeO8. The maximum Gasteiger partial charge on any atom is 4.00 e. The van der Waals surface area contributed by atoms with E-state index >= 15 is 0 Å². The summed E-state index contributed by atoms with van der Waals surface area (Å²) in [6.07, 6.45) is -1.88. The largest absolute Gasteiger partial charge is 4.00 e. The van der Waals surface area contributed by atoms with Crippen molar-refractivity contribution in [1.82, 2.24) is 0 Å². The number of hydrogen-bond donors (Lipinski definition) is 0. The zero-order chi connectivity index (χ0) is 13.1. The first-order valence-electron chi connectivity index (χ1n) is 4.05. The van der Waals surface area contributed by atoms with Crippen LogP contribution in [0.25, 0.3) is 0 Å². The first kappa shape index (κ1) is 20.8. The second kappa shape index (κ2) is 12.5. The summed E-state index contributed by atoms with van der Waals surface area (Å²) in [7, 11) is 0. The van der Waals surface area contributed by atoms with Crippen LogP contribution in [0.15, 0.2) is 0 Å². The van der Waals surface area contributed by atoms with Crippen LogP contribution in [0.2, 0.25) is 0 Å². The van der Waals surface area contributed by atoms with Gasteiger partial charge in [-0.1, -0.05) is 0 Å². The zero-order valence-corrected chi connectivity index (χ0v) is 9.55. The molecule has 0 spiro atoms. The number of carboxylic acid groups (broad SMARTS) is 4. The van der Waals surface area contributed by atoms with Gasteiger partial charge in [0.25, 0.3) is 0 Å². The number of carbonyl (C=O) groups excluding carboxylic acids is 4. The van der Waals surface area contributed by atoms with Crippen LogP contribution < -0.4 is 20.4 Å². The maximum absolute atomic E-state index is 9.50. The van der Waals surface area contributed by atoms with Gasteiger partial charge in [0.2, 0.25) is 0 Å². The van der Waals surface area contributed by atoms with Crippen LogP contribution in [0.4, 0.5) is 0 Å². The summed E-state index contributed by atoms with van der Waals surface area (Å²) in [5, 5.41) is 38.0. The van der Waals surface area contributed by atoms with Crippen LogP contribution in [0.3, 0.4) is 0 Å². The fourth-order valence-electron chi connectivity index (χ4n) is 0.408. The van der Waals surface area contributed by atoms with E-state index in [0.717, 1.165) is 0 Å². The molecule has 0 N–H and O–H groups in total. The van der Waals surface area contributed by atoms with Crippen LogP contribution in [-0.4, -0.2) is 23.9 Å². The maximum atomic E-state index is 9.50. The van der Waals surface area contributed by atoms with Gasteiger partial charge in [-0.05, 0) is 25.7 Å². The van der Waals surface area contributed by atoms with Gasteiger partial charge in [-0.15, -0.1) is 0 Å². The van der Waals surface area contributed by atoms with E-state index in [9.17, 15) is 39.6 Å². The van der Waals surface area contributed by atoms with Gasteiger partial charge in [-0.3, -0.25) is 0 Å². The van der Waals surface area contributed by atoms with Crippen molar-refractivity contribution in [3.8, 4) is 0 Å². The van der Waals surface area contributed by atoms with Gasteiger partial charge in [-0.2, -0.15) is 0 Å². The predicted octanol–water partition coefficient (Wildman–Crippen LogP) is -5.47. The SMILES string of the molecule is O=C([O-])CCC(=O)[O-].O=C([O-])CCC(=O)[O-].[Fe+4]. The summed E-state index contributed by atoms with van der Waals surface area (Å²) in [6, 6.07) is 0. The molecule has 0 saturated carbocycles. The van der Waals surface area contributed by atoms with Gasteiger partial charge >= 0.3 is 17.1 Å². The van der Waals surface area contributed by atoms with Crippen molar-refractivity contribution in [3.05, 3.63) is 0 Å². The van der Waals surface area contributed by atoms with Crippen LogP contribution in [0.5, 0.6) is 0 Å². The Morgan fingerprint density at radius 2 is 0.647 bits per heavy atom. The fourth-order valence-corrected chi connectivity index (χ4v) is 0.408. The molecule has 0 radical (unpaired) electrons. The second-order valence-corrected chi connectivity index (χ2v) is 2.49. The van der Waals surface area contributed by atoms with E-state index in [1.165, 1.54) is 0 Å². The van der Waals surface area contributed by atoms with Crippen molar-refractivity contribution in [3.63, 3.8) is 0 Å². The summed E-state index contributed by atoms with van der Waals surface area (Å²) < 4.78 is 0. The van der Waals surface area contributed by atoms with Crippen molar-refractivity contribution >= 4 is 23.9 Å². The molecule has 96 valence electrons. The van der Waals surface area contributed by atoms with E-state index in [0.29, 0.717) is 0 Å². The summed E-state index contributed by atoms with van der Waals surface area (Å²) in [5.41, 5.74) is 0. The molecule has 0 rings (SSSR count). The number of carboxylic acids is 4. The summed E-state index contributed by atoms with van der Waals surface area (Å²) >= 11 is 0. The molecule has 9 heteroatoms. The number of rotatable bonds is 6.